The lowest BCUT2D eigenvalue weighted by atomic mass is 9.79. The highest BCUT2D eigenvalue weighted by molar-refractivity contribution is 7.11. The average Bonchev–Trinajstić information content (AvgIpc) is 3.46. The van der Waals surface area contributed by atoms with E-state index < -0.39 is 12.0 Å². The fourth-order valence-electron chi connectivity index (χ4n) is 3.57. The fraction of sp³-hybridized carbons (Fsp3) is 0.500. The van der Waals surface area contributed by atoms with Crippen LogP contribution in [0.3, 0.4) is 0 Å². The molecule has 2 aliphatic heterocycles. The third kappa shape index (κ3) is 4.13. The molecule has 1 aromatic heterocycles. The second-order valence-corrected chi connectivity index (χ2v) is 7.45. The molecule has 2 N–H and O–H groups in total. The number of rotatable bonds is 9. The molecule has 7 heteroatoms. The Hall–Kier alpha value is -2.09. The Morgan fingerprint density at radius 1 is 1.31 bits per heavy atom. The van der Waals surface area contributed by atoms with Gasteiger partial charge in [-0.2, -0.15) is 0 Å². The van der Waals surface area contributed by atoms with Gasteiger partial charge in [-0.1, -0.05) is 40.2 Å². The van der Waals surface area contributed by atoms with Crippen molar-refractivity contribution in [2.75, 3.05) is 31.5 Å². The van der Waals surface area contributed by atoms with E-state index in [0.29, 0.717) is 23.6 Å². The van der Waals surface area contributed by atoms with Crippen molar-refractivity contribution in [3.05, 3.63) is 52.1 Å². The predicted molar refractivity (Wildman–Crippen MR) is 116 cm³/mol. The van der Waals surface area contributed by atoms with Crippen molar-refractivity contribution < 1.29 is 24.5 Å². The van der Waals surface area contributed by atoms with Gasteiger partial charge in [-0.05, 0) is 35.6 Å². The zero-order valence-corrected chi connectivity index (χ0v) is 18.3. The second kappa shape index (κ2) is 10.6. The Morgan fingerprint density at radius 3 is 2.66 bits per heavy atom. The molecule has 0 spiro atoms. The van der Waals surface area contributed by atoms with Crippen LogP contribution >= 0.6 is 11.3 Å². The summed E-state index contributed by atoms with van der Waals surface area (Å²) in [6.45, 7) is 9.63. The van der Waals surface area contributed by atoms with Crippen molar-refractivity contribution in [1.29, 1.82) is 0 Å². The number of nitrogens with zero attached hydrogens (tertiary/aromatic N) is 1. The van der Waals surface area contributed by atoms with Crippen molar-refractivity contribution in [2.24, 2.45) is 0 Å². The quantitative estimate of drug-likeness (QED) is 0.592. The van der Waals surface area contributed by atoms with Gasteiger partial charge in [-0.15, -0.1) is 11.3 Å². The Kier molecular flexibility index (Phi) is 8.49. The molecular formula is C22H31NO5S. The van der Waals surface area contributed by atoms with Crippen molar-refractivity contribution in [3.63, 3.8) is 0 Å². The van der Waals surface area contributed by atoms with Crippen LogP contribution in [0.5, 0.6) is 0 Å². The summed E-state index contributed by atoms with van der Waals surface area (Å²) in [6, 6.07) is 1.90. The van der Waals surface area contributed by atoms with Gasteiger partial charge in [0.05, 0.1) is 23.8 Å². The van der Waals surface area contributed by atoms with Crippen LogP contribution in [0.2, 0.25) is 0 Å². The van der Waals surface area contributed by atoms with Crippen LogP contribution in [0.25, 0.3) is 0 Å². The summed E-state index contributed by atoms with van der Waals surface area (Å²) in [7, 11) is 0. The van der Waals surface area contributed by atoms with Gasteiger partial charge >= 0.3 is 0 Å². The maximum atomic E-state index is 13.4. The van der Waals surface area contributed by atoms with Crippen molar-refractivity contribution in [2.45, 2.75) is 45.4 Å². The third-order valence-electron chi connectivity index (χ3n) is 5.04. The lowest BCUT2D eigenvalue weighted by molar-refractivity contribution is -0.123. The molecule has 160 valence electrons. The van der Waals surface area contributed by atoms with Gasteiger partial charge in [0.15, 0.2) is 11.5 Å². The minimum atomic E-state index is -1.30. The van der Waals surface area contributed by atoms with E-state index in [-0.39, 0.29) is 19.3 Å². The Bertz CT molecular complexity index is 782. The number of ether oxygens (including phenoxy) is 2. The first kappa shape index (κ1) is 23.2. The number of allylic oxidation sites excluding steroid dienone is 2. The van der Waals surface area contributed by atoms with E-state index in [2.05, 4.69) is 13.5 Å². The van der Waals surface area contributed by atoms with Crippen molar-refractivity contribution in [3.8, 4) is 0 Å². The predicted octanol–water partition coefficient (Wildman–Crippen LogP) is 3.86. The van der Waals surface area contributed by atoms with Crippen LogP contribution in [0.4, 0.5) is 5.69 Å². The molecule has 1 amide bonds. The summed E-state index contributed by atoms with van der Waals surface area (Å²) < 4.78 is 10.8. The number of carbonyl (C=O) groups excluding carboxylic acids is 1. The molecule has 0 aromatic carbocycles. The van der Waals surface area contributed by atoms with E-state index in [1.54, 1.807) is 11.0 Å². The number of hydrogen-bond acceptors (Lipinski definition) is 6. The van der Waals surface area contributed by atoms with Gasteiger partial charge in [0.2, 0.25) is 12.7 Å². The second-order valence-electron chi connectivity index (χ2n) is 6.53. The topological polar surface area (TPSA) is 79.2 Å². The number of unbranched alkanes of at least 4 members (excludes halogenated alkanes) is 2. The summed E-state index contributed by atoms with van der Waals surface area (Å²) in [4.78, 5) is 15.9. The maximum Gasteiger partial charge on any atom is 0.245 e. The number of thiophene rings is 1. The minimum Gasteiger partial charge on any atom is -0.454 e. The Morgan fingerprint density at radius 2 is 2.03 bits per heavy atom. The number of anilines is 1. The molecular weight excluding hydrogens is 390 g/mol. The molecule has 6 nitrogen and oxygen atoms in total. The molecule has 0 radical (unpaired) electrons. The van der Waals surface area contributed by atoms with Crippen LogP contribution in [0.1, 0.15) is 44.9 Å². The minimum absolute atomic E-state index is 0.0549. The molecule has 3 rings (SSSR count). The lowest BCUT2D eigenvalue weighted by Gasteiger charge is -2.28. The highest BCUT2D eigenvalue weighted by Crippen LogP contribution is 2.49. The maximum absolute atomic E-state index is 13.4. The largest absolute Gasteiger partial charge is 0.454 e. The van der Waals surface area contributed by atoms with Gasteiger partial charge in [0.1, 0.15) is 5.41 Å². The molecule has 29 heavy (non-hydrogen) atoms. The Balaban J connectivity index is 0.00000145. The summed E-state index contributed by atoms with van der Waals surface area (Å²) in [5.41, 5.74) is -0.0945. The van der Waals surface area contributed by atoms with E-state index in [1.807, 2.05) is 25.3 Å². The molecule has 1 atom stereocenters. The van der Waals surface area contributed by atoms with Gasteiger partial charge in [-0.25, -0.2) is 0 Å². The third-order valence-corrected chi connectivity index (χ3v) is 6.10. The van der Waals surface area contributed by atoms with Crippen molar-refractivity contribution in [1.82, 2.24) is 0 Å². The van der Waals surface area contributed by atoms with Gasteiger partial charge in [0, 0.05) is 6.54 Å². The number of fused-ring (bicyclic) bond motifs is 1. The normalized spacial score (nSPS) is 20.8. The first-order valence-corrected chi connectivity index (χ1v) is 11.0. The lowest BCUT2D eigenvalue weighted by Crippen LogP contribution is -2.45. The number of aliphatic hydroxyl groups is 2. The standard InChI is InChI=1S/C20H25NO5S.C2H6/c1-3-5-6-8-21-15-7-9-27-18(15)20(12-23,19(21)24)14(11-22)10-17-16(4-2)25-13-26-17;1-2/h4,7,9-10,22-23H,2-3,5-6,8,11-13H2,1H3;1-2H3/b14-10+;. The smallest absolute Gasteiger partial charge is 0.245 e. The summed E-state index contributed by atoms with van der Waals surface area (Å²) >= 11 is 1.42. The van der Waals surface area contributed by atoms with Gasteiger partial charge in [-0.3, -0.25) is 4.79 Å². The van der Waals surface area contributed by atoms with E-state index in [9.17, 15) is 15.0 Å². The van der Waals surface area contributed by atoms with Crippen LogP contribution in [0.15, 0.2) is 47.3 Å². The van der Waals surface area contributed by atoms with Crippen LogP contribution in [0, 0.1) is 0 Å². The van der Waals surface area contributed by atoms with E-state index in [4.69, 9.17) is 9.47 Å². The molecule has 0 saturated carbocycles. The molecule has 1 aromatic rings. The number of aliphatic hydroxyl groups excluding tert-OH is 2. The first-order chi connectivity index (χ1) is 14.1. The van der Waals surface area contributed by atoms with E-state index >= 15 is 0 Å². The van der Waals surface area contributed by atoms with Crippen LogP contribution in [-0.2, 0) is 19.7 Å². The van der Waals surface area contributed by atoms with Gasteiger partial charge in [0.25, 0.3) is 0 Å². The number of amides is 1. The van der Waals surface area contributed by atoms with Crippen LogP contribution in [-0.4, -0.2) is 42.7 Å². The monoisotopic (exact) mass is 421 g/mol. The first-order valence-electron chi connectivity index (χ1n) is 10.1. The average molecular weight is 422 g/mol. The van der Waals surface area contributed by atoms with Gasteiger partial charge < -0.3 is 24.6 Å². The SMILES string of the molecule is C=CC1=C(/C=C(\CO)C2(CO)C(=O)N(CCCCC)c3ccsc32)OCO1.CC. The number of hydrogen-bond donors (Lipinski definition) is 2. The molecule has 0 aliphatic carbocycles. The zero-order valence-electron chi connectivity index (χ0n) is 17.4. The molecule has 3 heterocycles. The summed E-state index contributed by atoms with van der Waals surface area (Å²) in [6.07, 6.45) is 6.08. The fourth-order valence-corrected chi connectivity index (χ4v) is 4.69. The molecule has 1 unspecified atom stereocenters. The summed E-state index contributed by atoms with van der Waals surface area (Å²) in [5, 5.41) is 22.3. The Labute approximate surface area is 176 Å². The zero-order chi connectivity index (χ0) is 21.4. The highest BCUT2D eigenvalue weighted by atomic mass is 32.1. The molecule has 2 aliphatic rings. The highest BCUT2D eigenvalue weighted by Gasteiger charge is 2.54. The van der Waals surface area contributed by atoms with Crippen LogP contribution < -0.4 is 4.90 Å². The molecule has 0 fully saturated rings. The molecule has 0 saturated heterocycles. The summed E-state index contributed by atoms with van der Waals surface area (Å²) in [5.74, 6) is 0.644. The molecule has 0 bridgehead atoms. The number of carbonyl (C=O) groups is 1. The van der Waals surface area contributed by atoms with E-state index in [0.717, 1.165) is 29.8 Å². The van der Waals surface area contributed by atoms with E-state index in [1.165, 1.54) is 17.4 Å². The van der Waals surface area contributed by atoms with Crippen molar-refractivity contribution >= 4 is 22.9 Å².